The molecule has 2 aromatic carbocycles. The first-order valence-corrected chi connectivity index (χ1v) is 7.43. The SMILES string of the molecule is O=C(Cc1ccccc1)NN=Cc1ccc(-c2ccccc2F)o1. The molecule has 0 atom stereocenters. The van der Waals surface area contributed by atoms with Gasteiger partial charge in [0.15, 0.2) is 0 Å². The molecule has 0 aliphatic carbocycles. The molecule has 0 saturated heterocycles. The number of nitrogens with zero attached hydrogens (tertiary/aromatic N) is 1. The largest absolute Gasteiger partial charge is 0.455 e. The highest BCUT2D eigenvalue weighted by molar-refractivity contribution is 5.82. The fraction of sp³-hybridized carbons (Fsp3) is 0.0526. The van der Waals surface area contributed by atoms with Crippen LogP contribution in [0.15, 0.2) is 76.2 Å². The van der Waals surface area contributed by atoms with E-state index in [0.29, 0.717) is 17.1 Å². The molecule has 1 aromatic heterocycles. The van der Waals surface area contributed by atoms with Crippen LogP contribution in [-0.2, 0) is 11.2 Å². The van der Waals surface area contributed by atoms with Crippen LogP contribution in [0.3, 0.4) is 0 Å². The van der Waals surface area contributed by atoms with Gasteiger partial charge in [0.25, 0.3) is 0 Å². The van der Waals surface area contributed by atoms with E-state index in [-0.39, 0.29) is 18.1 Å². The van der Waals surface area contributed by atoms with Gasteiger partial charge >= 0.3 is 0 Å². The Labute approximate surface area is 138 Å². The number of carbonyl (C=O) groups is 1. The van der Waals surface area contributed by atoms with E-state index >= 15 is 0 Å². The number of carbonyl (C=O) groups excluding carboxylic acids is 1. The topological polar surface area (TPSA) is 54.6 Å². The number of amides is 1. The molecule has 1 amide bonds. The number of nitrogens with one attached hydrogen (secondary N) is 1. The summed E-state index contributed by atoms with van der Waals surface area (Å²) in [5.41, 5.74) is 3.72. The minimum absolute atomic E-state index is 0.224. The van der Waals surface area contributed by atoms with Crippen LogP contribution in [0.1, 0.15) is 11.3 Å². The molecule has 3 rings (SSSR count). The molecule has 0 unspecified atom stereocenters. The van der Waals surface area contributed by atoms with Crippen molar-refractivity contribution in [2.24, 2.45) is 5.10 Å². The van der Waals surface area contributed by atoms with Gasteiger partial charge in [-0.15, -0.1) is 0 Å². The van der Waals surface area contributed by atoms with Gasteiger partial charge in [-0.3, -0.25) is 4.79 Å². The third kappa shape index (κ3) is 3.95. The van der Waals surface area contributed by atoms with Crippen LogP contribution in [0.2, 0.25) is 0 Å². The second kappa shape index (κ2) is 7.37. The molecule has 0 saturated carbocycles. The summed E-state index contributed by atoms with van der Waals surface area (Å²) in [6, 6.07) is 19.1. The normalized spacial score (nSPS) is 10.9. The molecule has 0 spiro atoms. The van der Waals surface area contributed by atoms with E-state index in [9.17, 15) is 9.18 Å². The molecule has 0 radical (unpaired) electrons. The predicted octanol–water partition coefficient (Wildman–Crippen LogP) is 3.78. The van der Waals surface area contributed by atoms with Crippen molar-refractivity contribution in [3.63, 3.8) is 0 Å². The molecule has 4 nitrogen and oxygen atoms in total. The van der Waals surface area contributed by atoms with Crippen molar-refractivity contribution in [1.82, 2.24) is 5.43 Å². The second-order valence-electron chi connectivity index (χ2n) is 5.14. The van der Waals surface area contributed by atoms with E-state index in [4.69, 9.17) is 4.42 Å². The Morgan fingerprint density at radius 1 is 1.04 bits per heavy atom. The summed E-state index contributed by atoms with van der Waals surface area (Å²) in [7, 11) is 0. The number of rotatable bonds is 5. The molecule has 0 aliphatic rings. The van der Waals surface area contributed by atoms with Gasteiger partial charge in [0.1, 0.15) is 17.3 Å². The third-order valence-electron chi connectivity index (χ3n) is 3.35. The summed E-state index contributed by atoms with van der Waals surface area (Å²) in [4.78, 5) is 11.8. The first-order chi connectivity index (χ1) is 11.7. The highest BCUT2D eigenvalue weighted by atomic mass is 19.1. The fourth-order valence-corrected chi connectivity index (χ4v) is 2.22. The van der Waals surface area contributed by atoms with Crippen molar-refractivity contribution in [3.8, 4) is 11.3 Å². The number of halogens is 1. The maximum atomic E-state index is 13.7. The quantitative estimate of drug-likeness (QED) is 0.574. The lowest BCUT2D eigenvalue weighted by atomic mass is 10.1. The lowest BCUT2D eigenvalue weighted by molar-refractivity contribution is -0.120. The molecule has 24 heavy (non-hydrogen) atoms. The Hall–Kier alpha value is -3.21. The average Bonchev–Trinajstić information content (AvgIpc) is 3.05. The molecule has 0 fully saturated rings. The van der Waals surface area contributed by atoms with Crippen LogP contribution in [-0.4, -0.2) is 12.1 Å². The molecule has 120 valence electrons. The molecule has 1 N–H and O–H groups in total. The van der Waals surface area contributed by atoms with Gasteiger partial charge in [0.05, 0.1) is 18.2 Å². The first kappa shape index (κ1) is 15.7. The molecule has 1 heterocycles. The van der Waals surface area contributed by atoms with E-state index in [1.165, 1.54) is 12.3 Å². The summed E-state index contributed by atoms with van der Waals surface area (Å²) >= 11 is 0. The van der Waals surface area contributed by atoms with Crippen molar-refractivity contribution in [2.45, 2.75) is 6.42 Å². The molecule has 0 aliphatic heterocycles. The van der Waals surface area contributed by atoms with E-state index in [1.54, 1.807) is 30.3 Å². The highest BCUT2D eigenvalue weighted by Gasteiger charge is 2.08. The lowest BCUT2D eigenvalue weighted by Crippen LogP contribution is -2.19. The Kier molecular flexibility index (Phi) is 4.81. The fourth-order valence-electron chi connectivity index (χ4n) is 2.22. The van der Waals surface area contributed by atoms with Crippen molar-refractivity contribution < 1.29 is 13.6 Å². The summed E-state index contributed by atoms with van der Waals surface area (Å²) in [5.74, 6) is 0.253. The molecular weight excluding hydrogens is 307 g/mol. The smallest absolute Gasteiger partial charge is 0.244 e. The van der Waals surface area contributed by atoms with Crippen LogP contribution >= 0.6 is 0 Å². The standard InChI is InChI=1S/C19H15FN2O2/c20-17-9-5-4-8-16(17)18-11-10-15(24-18)13-21-22-19(23)12-14-6-2-1-3-7-14/h1-11,13H,12H2,(H,22,23). The third-order valence-corrected chi connectivity index (χ3v) is 3.35. The van der Waals surface area contributed by atoms with Crippen molar-refractivity contribution in [1.29, 1.82) is 0 Å². The van der Waals surface area contributed by atoms with E-state index in [0.717, 1.165) is 5.56 Å². The highest BCUT2D eigenvalue weighted by Crippen LogP contribution is 2.24. The van der Waals surface area contributed by atoms with Crippen LogP contribution in [0.4, 0.5) is 4.39 Å². The molecule has 5 heteroatoms. The maximum Gasteiger partial charge on any atom is 0.244 e. The second-order valence-corrected chi connectivity index (χ2v) is 5.14. The maximum absolute atomic E-state index is 13.7. The van der Waals surface area contributed by atoms with Crippen molar-refractivity contribution in [2.75, 3.05) is 0 Å². The zero-order valence-corrected chi connectivity index (χ0v) is 12.8. The van der Waals surface area contributed by atoms with Gasteiger partial charge in [0, 0.05) is 0 Å². The minimum atomic E-state index is -0.355. The van der Waals surface area contributed by atoms with Crippen LogP contribution < -0.4 is 5.43 Å². The Bertz CT molecular complexity index is 857. The van der Waals surface area contributed by atoms with Gasteiger partial charge in [-0.1, -0.05) is 42.5 Å². The van der Waals surface area contributed by atoms with Crippen LogP contribution in [0, 0.1) is 5.82 Å². The van der Waals surface area contributed by atoms with Crippen molar-refractivity contribution in [3.05, 3.63) is 83.9 Å². The lowest BCUT2D eigenvalue weighted by Gasteiger charge is -1.99. The zero-order valence-electron chi connectivity index (χ0n) is 12.8. The number of benzene rings is 2. The summed E-state index contributed by atoms with van der Waals surface area (Å²) in [6.45, 7) is 0. The Balaban J connectivity index is 1.60. The summed E-state index contributed by atoms with van der Waals surface area (Å²) in [6.07, 6.45) is 1.63. The van der Waals surface area contributed by atoms with Crippen molar-refractivity contribution >= 4 is 12.1 Å². The van der Waals surface area contributed by atoms with Gasteiger partial charge in [-0.2, -0.15) is 5.10 Å². The number of hydrogen-bond donors (Lipinski definition) is 1. The monoisotopic (exact) mass is 322 g/mol. The number of furan rings is 1. The van der Waals surface area contributed by atoms with Gasteiger partial charge in [-0.25, -0.2) is 9.82 Å². The van der Waals surface area contributed by atoms with Gasteiger partial charge in [0.2, 0.25) is 5.91 Å². The molecular formula is C19H15FN2O2. The first-order valence-electron chi connectivity index (χ1n) is 7.43. The van der Waals surface area contributed by atoms with Crippen LogP contribution in [0.5, 0.6) is 0 Å². The minimum Gasteiger partial charge on any atom is -0.455 e. The van der Waals surface area contributed by atoms with Gasteiger partial charge in [-0.05, 0) is 29.8 Å². The predicted molar refractivity (Wildman–Crippen MR) is 90.0 cm³/mol. The molecule has 3 aromatic rings. The molecule has 0 bridgehead atoms. The zero-order chi connectivity index (χ0) is 16.8. The Morgan fingerprint density at radius 2 is 1.79 bits per heavy atom. The van der Waals surface area contributed by atoms with E-state index in [1.807, 2.05) is 30.3 Å². The average molecular weight is 322 g/mol. The number of hydrogen-bond acceptors (Lipinski definition) is 3. The number of hydrazone groups is 1. The summed E-state index contributed by atoms with van der Waals surface area (Å²) in [5, 5.41) is 3.86. The Morgan fingerprint density at radius 3 is 2.58 bits per heavy atom. The van der Waals surface area contributed by atoms with Gasteiger partial charge < -0.3 is 4.42 Å². The summed E-state index contributed by atoms with van der Waals surface area (Å²) < 4.78 is 19.2. The van der Waals surface area contributed by atoms with E-state index in [2.05, 4.69) is 10.5 Å². The van der Waals surface area contributed by atoms with E-state index < -0.39 is 0 Å². The van der Waals surface area contributed by atoms with Crippen LogP contribution in [0.25, 0.3) is 11.3 Å².